The summed E-state index contributed by atoms with van der Waals surface area (Å²) in [6.07, 6.45) is 0. The van der Waals surface area contributed by atoms with Crippen molar-refractivity contribution in [2.24, 2.45) is 0 Å². The van der Waals surface area contributed by atoms with E-state index in [4.69, 9.17) is 0 Å². The van der Waals surface area contributed by atoms with E-state index in [0.29, 0.717) is 21.2 Å². The molecule has 38 heavy (non-hydrogen) atoms. The lowest BCUT2D eigenvalue weighted by Gasteiger charge is -2.22. The molecule has 1 aliphatic heterocycles. The van der Waals surface area contributed by atoms with Crippen LogP contribution in [0.1, 0.15) is 28.3 Å². The molecule has 1 amide bonds. The average molecular weight is 545 g/mol. The molecule has 1 saturated heterocycles. The van der Waals surface area contributed by atoms with Gasteiger partial charge in [0.05, 0.1) is 16.5 Å². The van der Waals surface area contributed by atoms with Crippen molar-refractivity contribution < 1.29 is 19.6 Å². The van der Waals surface area contributed by atoms with Crippen LogP contribution in [0.25, 0.3) is 5.76 Å². The molecule has 1 N–H and O–H groups in total. The van der Waals surface area contributed by atoms with E-state index in [2.05, 4.69) is 10.2 Å². The SMILES string of the molecule is Cc1ccc(CSc2nnc(N3C(=O)C(=O)/C(=C(\O)c4ccccc4)C3c3ccc([N+](=O)[O-])cc3)s2)cc1. The monoisotopic (exact) mass is 544 g/mol. The van der Waals surface area contributed by atoms with Gasteiger partial charge in [-0.3, -0.25) is 24.6 Å². The molecular formula is C27H20N4O5S2. The molecule has 0 bridgehead atoms. The molecule has 0 saturated carbocycles. The van der Waals surface area contributed by atoms with Gasteiger partial charge in [0.2, 0.25) is 5.13 Å². The number of aliphatic hydroxyl groups is 1. The number of benzene rings is 3. The van der Waals surface area contributed by atoms with E-state index in [9.17, 15) is 24.8 Å². The molecule has 9 nitrogen and oxygen atoms in total. The molecule has 2 heterocycles. The maximum absolute atomic E-state index is 13.3. The second-order valence-electron chi connectivity index (χ2n) is 8.51. The minimum atomic E-state index is -1.04. The number of anilines is 1. The number of aliphatic hydroxyl groups excluding tert-OH is 1. The Kier molecular flexibility index (Phi) is 7.03. The minimum absolute atomic E-state index is 0.126. The lowest BCUT2D eigenvalue weighted by Crippen LogP contribution is -2.29. The Bertz CT molecular complexity index is 1550. The fourth-order valence-corrected chi connectivity index (χ4v) is 5.89. The van der Waals surface area contributed by atoms with Gasteiger partial charge in [-0.2, -0.15) is 0 Å². The molecule has 1 atom stereocenters. The number of carbonyl (C=O) groups is 2. The third-order valence-electron chi connectivity index (χ3n) is 6.00. The summed E-state index contributed by atoms with van der Waals surface area (Å²) >= 11 is 2.61. The Morgan fingerprint density at radius 2 is 1.71 bits per heavy atom. The number of aromatic nitrogens is 2. The van der Waals surface area contributed by atoms with Crippen LogP contribution < -0.4 is 4.90 Å². The highest BCUT2D eigenvalue weighted by atomic mass is 32.2. The second-order valence-corrected chi connectivity index (χ2v) is 10.7. The number of hydrogen-bond acceptors (Lipinski definition) is 9. The highest BCUT2D eigenvalue weighted by molar-refractivity contribution is 8.00. The van der Waals surface area contributed by atoms with Crippen LogP contribution in [0.3, 0.4) is 0 Å². The van der Waals surface area contributed by atoms with E-state index in [0.717, 1.165) is 22.5 Å². The molecule has 0 radical (unpaired) electrons. The number of hydrogen-bond donors (Lipinski definition) is 1. The van der Waals surface area contributed by atoms with Crippen molar-refractivity contribution in [2.75, 3.05) is 4.90 Å². The van der Waals surface area contributed by atoms with Crippen LogP contribution in [0.15, 0.2) is 88.8 Å². The number of nitrogens with zero attached hydrogens (tertiary/aromatic N) is 4. The quantitative estimate of drug-likeness (QED) is 0.0599. The first-order valence-corrected chi connectivity index (χ1v) is 13.3. The van der Waals surface area contributed by atoms with Gasteiger partial charge in [-0.15, -0.1) is 10.2 Å². The molecule has 4 aromatic rings. The van der Waals surface area contributed by atoms with E-state index in [1.807, 2.05) is 31.2 Å². The van der Waals surface area contributed by atoms with E-state index < -0.39 is 22.7 Å². The zero-order valence-electron chi connectivity index (χ0n) is 20.0. The van der Waals surface area contributed by atoms with Gasteiger partial charge in [-0.25, -0.2) is 0 Å². The van der Waals surface area contributed by atoms with Crippen LogP contribution in [-0.4, -0.2) is 31.9 Å². The van der Waals surface area contributed by atoms with Gasteiger partial charge in [0.25, 0.3) is 11.5 Å². The molecule has 1 unspecified atom stereocenters. The highest BCUT2D eigenvalue weighted by Gasteiger charge is 2.48. The zero-order valence-corrected chi connectivity index (χ0v) is 21.6. The smallest absolute Gasteiger partial charge is 0.301 e. The minimum Gasteiger partial charge on any atom is -0.507 e. The lowest BCUT2D eigenvalue weighted by molar-refractivity contribution is -0.384. The number of carbonyl (C=O) groups excluding carboxylic acids is 2. The summed E-state index contributed by atoms with van der Waals surface area (Å²) in [5.74, 6) is -1.43. The fraction of sp³-hybridized carbons (Fsp3) is 0.111. The first-order chi connectivity index (χ1) is 18.3. The number of non-ortho nitro benzene ring substituents is 1. The van der Waals surface area contributed by atoms with Crippen LogP contribution in [0.4, 0.5) is 10.8 Å². The van der Waals surface area contributed by atoms with Crippen molar-refractivity contribution in [1.82, 2.24) is 10.2 Å². The second kappa shape index (κ2) is 10.6. The number of nitro groups is 1. The summed E-state index contributed by atoms with van der Waals surface area (Å²) in [5, 5.41) is 30.9. The zero-order chi connectivity index (χ0) is 26.8. The van der Waals surface area contributed by atoms with Crippen molar-refractivity contribution in [3.63, 3.8) is 0 Å². The van der Waals surface area contributed by atoms with Crippen molar-refractivity contribution in [1.29, 1.82) is 0 Å². The Balaban J connectivity index is 1.53. The third-order valence-corrected chi connectivity index (χ3v) is 8.12. The standard InChI is InChI=1S/C27H20N4O5S2/c1-16-7-9-17(10-8-16)15-37-27-29-28-26(38-27)30-22(18-11-13-20(14-12-18)31(35)36)21(24(33)25(30)34)23(32)19-5-3-2-4-6-19/h2-14,22,32H,15H2,1H3/b23-21-. The maximum Gasteiger partial charge on any atom is 0.301 e. The summed E-state index contributed by atoms with van der Waals surface area (Å²) < 4.78 is 0.605. The van der Waals surface area contributed by atoms with Crippen molar-refractivity contribution in [3.05, 3.63) is 117 Å². The summed E-state index contributed by atoms with van der Waals surface area (Å²) in [7, 11) is 0. The van der Waals surface area contributed by atoms with Gasteiger partial charge in [-0.05, 0) is 30.2 Å². The van der Waals surface area contributed by atoms with Gasteiger partial charge in [0, 0.05) is 23.4 Å². The summed E-state index contributed by atoms with van der Waals surface area (Å²) in [6, 6.07) is 21.0. The molecule has 190 valence electrons. The van der Waals surface area contributed by atoms with Crippen LogP contribution in [-0.2, 0) is 15.3 Å². The Morgan fingerprint density at radius 3 is 2.37 bits per heavy atom. The van der Waals surface area contributed by atoms with Crippen molar-refractivity contribution in [2.45, 2.75) is 23.1 Å². The molecule has 0 aliphatic carbocycles. The predicted molar refractivity (Wildman–Crippen MR) is 145 cm³/mol. The van der Waals surface area contributed by atoms with E-state index in [-0.39, 0.29) is 22.2 Å². The number of amides is 1. The van der Waals surface area contributed by atoms with Gasteiger partial charge in [0.1, 0.15) is 5.76 Å². The molecule has 3 aromatic carbocycles. The van der Waals surface area contributed by atoms with Crippen molar-refractivity contribution >= 4 is 51.4 Å². The number of rotatable bonds is 7. The number of ketones is 1. The van der Waals surface area contributed by atoms with E-state index in [1.54, 1.807) is 30.3 Å². The van der Waals surface area contributed by atoms with Crippen LogP contribution >= 0.6 is 23.1 Å². The molecule has 5 rings (SSSR count). The van der Waals surface area contributed by atoms with Crippen LogP contribution in [0.5, 0.6) is 0 Å². The summed E-state index contributed by atoms with van der Waals surface area (Å²) in [4.78, 5) is 38.4. The summed E-state index contributed by atoms with van der Waals surface area (Å²) in [5.41, 5.74) is 2.78. The number of thioether (sulfide) groups is 1. The molecule has 1 aromatic heterocycles. The molecule has 1 aliphatic rings. The number of aryl methyl sites for hydroxylation is 1. The van der Waals surface area contributed by atoms with Gasteiger partial charge in [0.15, 0.2) is 4.34 Å². The number of Topliss-reactive ketones (excluding diaryl/α,β-unsaturated/α-hetero) is 1. The molecule has 1 fully saturated rings. The maximum atomic E-state index is 13.3. The Labute approximate surface area is 225 Å². The fourth-order valence-electron chi connectivity index (χ4n) is 4.06. The van der Waals surface area contributed by atoms with Gasteiger partial charge in [-0.1, -0.05) is 83.3 Å². The van der Waals surface area contributed by atoms with Gasteiger partial charge >= 0.3 is 5.91 Å². The van der Waals surface area contributed by atoms with Crippen molar-refractivity contribution in [3.8, 4) is 0 Å². The van der Waals surface area contributed by atoms with Crippen LogP contribution in [0, 0.1) is 17.0 Å². The predicted octanol–water partition coefficient (Wildman–Crippen LogP) is 5.67. The lowest BCUT2D eigenvalue weighted by atomic mass is 9.95. The summed E-state index contributed by atoms with van der Waals surface area (Å²) in [6.45, 7) is 2.02. The van der Waals surface area contributed by atoms with Gasteiger partial charge < -0.3 is 5.11 Å². The Hall–Kier alpha value is -4.35. The largest absolute Gasteiger partial charge is 0.507 e. The molecule has 0 spiro atoms. The Morgan fingerprint density at radius 1 is 1.03 bits per heavy atom. The average Bonchev–Trinajstić information content (AvgIpc) is 3.50. The normalized spacial score (nSPS) is 16.7. The first-order valence-electron chi connectivity index (χ1n) is 11.5. The molecule has 11 heteroatoms. The first kappa shape index (κ1) is 25.3. The molecular weight excluding hydrogens is 524 g/mol. The number of nitro benzene ring substituents is 1. The topological polar surface area (TPSA) is 127 Å². The van der Waals surface area contributed by atoms with Crippen LogP contribution in [0.2, 0.25) is 0 Å². The highest BCUT2D eigenvalue weighted by Crippen LogP contribution is 2.44. The van der Waals surface area contributed by atoms with E-state index in [1.165, 1.54) is 40.9 Å². The van der Waals surface area contributed by atoms with E-state index >= 15 is 0 Å². The third kappa shape index (κ3) is 4.93.